The van der Waals surface area contributed by atoms with Crippen molar-refractivity contribution in [3.63, 3.8) is 0 Å². The van der Waals surface area contributed by atoms with Crippen LogP contribution in [0.2, 0.25) is 0 Å². The summed E-state index contributed by atoms with van der Waals surface area (Å²) in [6.07, 6.45) is 0.426. The monoisotopic (exact) mass is 277 g/mol. The highest BCUT2D eigenvalue weighted by molar-refractivity contribution is 5.96. The molecule has 108 valence electrons. The Bertz CT molecular complexity index is 533. The Hall–Kier alpha value is -2.04. The van der Waals surface area contributed by atoms with Gasteiger partial charge in [-0.25, -0.2) is 9.59 Å². The SMILES string of the molecule is CC(C)(C)OC(=O)N1c2ccccc2CC[C@@H]1C(=O)O. The largest absolute Gasteiger partial charge is 0.480 e. The third-order valence-corrected chi connectivity index (χ3v) is 3.13. The lowest BCUT2D eigenvalue weighted by atomic mass is 9.96. The van der Waals surface area contributed by atoms with Crippen molar-refractivity contribution >= 4 is 17.7 Å². The van der Waals surface area contributed by atoms with Crippen LogP contribution in [0.5, 0.6) is 0 Å². The summed E-state index contributed by atoms with van der Waals surface area (Å²) in [6.45, 7) is 5.28. The van der Waals surface area contributed by atoms with Crippen molar-refractivity contribution < 1.29 is 19.4 Å². The number of carboxylic acid groups (broad SMARTS) is 1. The lowest BCUT2D eigenvalue weighted by Gasteiger charge is -2.35. The zero-order chi connectivity index (χ0) is 14.9. The molecule has 0 radical (unpaired) electrons. The van der Waals surface area contributed by atoms with Crippen molar-refractivity contribution in [3.8, 4) is 0 Å². The average Bonchev–Trinajstić information content (AvgIpc) is 2.35. The Balaban J connectivity index is 2.38. The Morgan fingerprint density at radius 1 is 1.30 bits per heavy atom. The van der Waals surface area contributed by atoms with Gasteiger partial charge in [-0.1, -0.05) is 18.2 Å². The van der Waals surface area contributed by atoms with Gasteiger partial charge in [0.1, 0.15) is 11.6 Å². The second kappa shape index (κ2) is 5.15. The molecular weight excluding hydrogens is 258 g/mol. The van der Waals surface area contributed by atoms with Crippen LogP contribution in [-0.4, -0.2) is 28.8 Å². The number of aryl methyl sites for hydroxylation is 1. The van der Waals surface area contributed by atoms with Crippen LogP contribution in [0.25, 0.3) is 0 Å². The molecule has 0 unspecified atom stereocenters. The maximum absolute atomic E-state index is 12.3. The van der Waals surface area contributed by atoms with E-state index in [1.807, 2.05) is 12.1 Å². The van der Waals surface area contributed by atoms with E-state index in [2.05, 4.69) is 0 Å². The van der Waals surface area contributed by atoms with Crippen LogP contribution in [-0.2, 0) is 16.0 Å². The number of amides is 1. The number of para-hydroxylation sites is 1. The predicted molar refractivity (Wildman–Crippen MR) is 74.9 cm³/mol. The summed E-state index contributed by atoms with van der Waals surface area (Å²) in [6, 6.07) is 6.46. The highest BCUT2D eigenvalue weighted by Crippen LogP contribution is 2.32. The molecule has 5 nitrogen and oxygen atoms in total. The van der Waals surface area contributed by atoms with Crippen molar-refractivity contribution in [2.24, 2.45) is 0 Å². The lowest BCUT2D eigenvalue weighted by molar-refractivity contribution is -0.138. The van der Waals surface area contributed by atoms with Gasteiger partial charge in [-0.3, -0.25) is 4.90 Å². The van der Waals surface area contributed by atoms with Crippen molar-refractivity contribution in [2.75, 3.05) is 4.90 Å². The zero-order valence-electron chi connectivity index (χ0n) is 11.9. The summed E-state index contributed by atoms with van der Waals surface area (Å²) in [4.78, 5) is 25.0. The number of rotatable bonds is 1. The number of ether oxygens (including phenoxy) is 1. The van der Waals surface area contributed by atoms with Gasteiger partial charge in [-0.05, 0) is 45.2 Å². The van der Waals surface area contributed by atoms with E-state index >= 15 is 0 Å². The van der Waals surface area contributed by atoms with Crippen molar-refractivity contribution in [1.82, 2.24) is 0 Å². The first kappa shape index (κ1) is 14.4. The topological polar surface area (TPSA) is 66.8 Å². The summed E-state index contributed by atoms with van der Waals surface area (Å²) in [5.74, 6) is -1.01. The maximum Gasteiger partial charge on any atom is 0.415 e. The van der Waals surface area contributed by atoms with Gasteiger partial charge in [-0.2, -0.15) is 0 Å². The molecule has 0 saturated carbocycles. The zero-order valence-corrected chi connectivity index (χ0v) is 11.9. The Morgan fingerprint density at radius 2 is 1.95 bits per heavy atom. The van der Waals surface area contributed by atoms with Gasteiger partial charge in [0, 0.05) is 0 Å². The molecule has 1 atom stereocenters. The number of hydrogen-bond donors (Lipinski definition) is 1. The van der Waals surface area contributed by atoms with Gasteiger partial charge >= 0.3 is 12.1 Å². The van der Waals surface area contributed by atoms with Crippen LogP contribution in [0, 0.1) is 0 Å². The smallest absolute Gasteiger partial charge is 0.415 e. The second-order valence-corrected chi connectivity index (χ2v) is 5.87. The minimum absolute atomic E-state index is 0.394. The Kier molecular flexibility index (Phi) is 3.70. The number of hydrogen-bond acceptors (Lipinski definition) is 3. The molecule has 0 aliphatic carbocycles. The van der Waals surface area contributed by atoms with Crippen LogP contribution in [0.1, 0.15) is 32.8 Å². The molecule has 1 N–H and O–H groups in total. The molecule has 1 aromatic carbocycles. The molecule has 0 fully saturated rings. The number of carbonyl (C=O) groups is 2. The fourth-order valence-electron chi connectivity index (χ4n) is 2.32. The van der Waals surface area contributed by atoms with Gasteiger partial charge in [0.15, 0.2) is 0 Å². The van der Waals surface area contributed by atoms with Gasteiger partial charge in [0.25, 0.3) is 0 Å². The number of anilines is 1. The van der Waals surface area contributed by atoms with Crippen LogP contribution in [0.4, 0.5) is 10.5 Å². The van der Waals surface area contributed by atoms with E-state index in [1.165, 1.54) is 4.90 Å². The Morgan fingerprint density at radius 3 is 2.55 bits per heavy atom. The molecule has 1 heterocycles. The first-order valence-corrected chi connectivity index (χ1v) is 6.62. The van der Waals surface area contributed by atoms with Crippen molar-refractivity contribution in [1.29, 1.82) is 0 Å². The molecule has 2 rings (SSSR count). The van der Waals surface area contributed by atoms with E-state index in [0.717, 1.165) is 5.56 Å². The standard InChI is InChI=1S/C15H19NO4/c1-15(2,3)20-14(19)16-11-7-5-4-6-10(11)8-9-12(16)13(17)18/h4-7,12H,8-9H2,1-3H3,(H,17,18)/t12-/m1/s1. The molecule has 1 amide bonds. The minimum Gasteiger partial charge on any atom is -0.480 e. The molecule has 0 bridgehead atoms. The lowest BCUT2D eigenvalue weighted by Crippen LogP contribution is -2.50. The van der Waals surface area contributed by atoms with E-state index in [-0.39, 0.29) is 0 Å². The normalized spacial score (nSPS) is 18.4. The first-order chi connectivity index (χ1) is 9.29. The molecule has 0 aromatic heterocycles. The fraction of sp³-hybridized carbons (Fsp3) is 0.467. The van der Waals surface area contributed by atoms with Gasteiger partial charge in [-0.15, -0.1) is 0 Å². The quantitative estimate of drug-likeness (QED) is 0.857. The van der Waals surface area contributed by atoms with Crippen molar-refractivity contribution in [2.45, 2.75) is 45.3 Å². The number of carboxylic acids is 1. The summed E-state index contributed by atoms with van der Waals surface area (Å²) in [7, 11) is 0. The third kappa shape index (κ3) is 2.92. The second-order valence-electron chi connectivity index (χ2n) is 5.87. The van der Waals surface area contributed by atoms with E-state index in [9.17, 15) is 14.7 Å². The number of benzene rings is 1. The van der Waals surface area contributed by atoms with Gasteiger partial charge in [0.05, 0.1) is 5.69 Å². The average molecular weight is 277 g/mol. The molecule has 1 aliphatic rings. The van der Waals surface area contributed by atoms with Crippen LogP contribution in [0.3, 0.4) is 0 Å². The maximum atomic E-state index is 12.3. The predicted octanol–water partition coefficient (Wildman–Crippen LogP) is 2.83. The Labute approximate surface area is 118 Å². The molecular formula is C15H19NO4. The molecule has 20 heavy (non-hydrogen) atoms. The fourth-order valence-corrected chi connectivity index (χ4v) is 2.32. The van der Waals surface area contributed by atoms with Crippen LogP contribution in [0.15, 0.2) is 24.3 Å². The molecule has 1 aromatic rings. The van der Waals surface area contributed by atoms with Crippen LogP contribution >= 0.6 is 0 Å². The third-order valence-electron chi connectivity index (χ3n) is 3.13. The van der Waals surface area contributed by atoms with Crippen LogP contribution < -0.4 is 4.90 Å². The van der Waals surface area contributed by atoms with Crippen molar-refractivity contribution in [3.05, 3.63) is 29.8 Å². The molecule has 0 spiro atoms. The van der Waals surface area contributed by atoms with E-state index in [1.54, 1.807) is 32.9 Å². The number of nitrogens with zero attached hydrogens (tertiary/aromatic N) is 1. The van der Waals surface area contributed by atoms with E-state index in [4.69, 9.17) is 4.74 Å². The highest BCUT2D eigenvalue weighted by atomic mass is 16.6. The van der Waals surface area contributed by atoms with Gasteiger partial charge in [0.2, 0.25) is 0 Å². The summed E-state index contributed by atoms with van der Waals surface area (Å²) < 4.78 is 5.34. The van der Waals surface area contributed by atoms with Gasteiger partial charge < -0.3 is 9.84 Å². The van der Waals surface area contributed by atoms with E-state index < -0.39 is 23.7 Å². The number of aliphatic carboxylic acids is 1. The highest BCUT2D eigenvalue weighted by Gasteiger charge is 2.37. The minimum atomic E-state index is -1.01. The summed E-state index contributed by atoms with van der Waals surface area (Å²) >= 11 is 0. The molecule has 0 saturated heterocycles. The molecule has 1 aliphatic heterocycles. The number of carbonyl (C=O) groups excluding carboxylic acids is 1. The first-order valence-electron chi connectivity index (χ1n) is 6.62. The summed E-state index contributed by atoms with van der Waals surface area (Å²) in [5.41, 5.74) is 0.934. The van der Waals surface area contributed by atoms with E-state index in [0.29, 0.717) is 18.5 Å². The molecule has 5 heteroatoms. The number of fused-ring (bicyclic) bond motifs is 1. The summed E-state index contributed by atoms with van der Waals surface area (Å²) in [5, 5.41) is 9.33.